The van der Waals surface area contributed by atoms with E-state index in [1.165, 1.54) is 12.1 Å². The molecule has 1 saturated heterocycles. The zero-order chi connectivity index (χ0) is 19.6. The van der Waals surface area contributed by atoms with Gasteiger partial charge >= 0.3 is 0 Å². The Kier molecular flexibility index (Phi) is 5.99. The summed E-state index contributed by atoms with van der Waals surface area (Å²) in [7, 11) is 0. The van der Waals surface area contributed by atoms with Crippen LogP contribution >= 0.6 is 0 Å². The van der Waals surface area contributed by atoms with Crippen LogP contribution < -0.4 is 0 Å². The number of rotatable bonds is 5. The summed E-state index contributed by atoms with van der Waals surface area (Å²) >= 11 is 0. The lowest BCUT2D eigenvalue weighted by Gasteiger charge is -2.43. The number of aliphatic hydroxyl groups excluding tert-OH is 1. The highest BCUT2D eigenvalue weighted by Gasteiger charge is 2.41. The van der Waals surface area contributed by atoms with Crippen LogP contribution in [-0.2, 0) is 0 Å². The summed E-state index contributed by atoms with van der Waals surface area (Å²) in [4.78, 5) is 1.98. The smallest absolute Gasteiger partial charge is 0.136 e. The molecule has 146 valence electrons. The van der Waals surface area contributed by atoms with Crippen LogP contribution in [0.25, 0.3) is 11.1 Å². The molecule has 3 rings (SSSR count). The van der Waals surface area contributed by atoms with Gasteiger partial charge in [0.15, 0.2) is 0 Å². The third-order valence-corrected chi connectivity index (χ3v) is 6.15. The molecule has 1 fully saturated rings. The van der Waals surface area contributed by atoms with Crippen LogP contribution in [-0.4, -0.2) is 40.0 Å². The average molecular weight is 371 g/mol. The Morgan fingerprint density at radius 1 is 1.07 bits per heavy atom. The SMILES string of the molecule is CC1CCN(C(O)C(C)(O)C(C)c2ccccc2-c2ccc(F)cc2)CC1. The third-order valence-electron chi connectivity index (χ3n) is 6.15. The first-order chi connectivity index (χ1) is 12.8. The number of likely N-dealkylation sites (tertiary alicyclic amines) is 1. The minimum atomic E-state index is -1.31. The van der Waals surface area contributed by atoms with E-state index in [-0.39, 0.29) is 11.7 Å². The molecule has 2 aromatic rings. The molecule has 2 N–H and O–H groups in total. The topological polar surface area (TPSA) is 43.7 Å². The van der Waals surface area contributed by atoms with Crippen LogP contribution in [0.3, 0.4) is 0 Å². The summed E-state index contributed by atoms with van der Waals surface area (Å²) in [5.41, 5.74) is 1.48. The van der Waals surface area contributed by atoms with Crippen molar-refractivity contribution in [3.8, 4) is 11.1 Å². The highest BCUT2D eigenvalue weighted by molar-refractivity contribution is 5.68. The van der Waals surface area contributed by atoms with Gasteiger partial charge in [0.1, 0.15) is 17.6 Å². The number of hydrogen-bond acceptors (Lipinski definition) is 3. The van der Waals surface area contributed by atoms with E-state index < -0.39 is 11.8 Å². The van der Waals surface area contributed by atoms with Crippen LogP contribution in [0.1, 0.15) is 45.1 Å². The van der Waals surface area contributed by atoms with Gasteiger partial charge in [-0.3, -0.25) is 4.90 Å². The molecule has 3 atom stereocenters. The summed E-state index contributed by atoms with van der Waals surface area (Å²) in [5.74, 6) is 0.0918. The molecule has 0 bridgehead atoms. The lowest BCUT2D eigenvalue weighted by molar-refractivity contribution is -0.156. The molecule has 3 nitrogen and oxygen atoms in total. The van der Waals surface area contributed by atoms with Crippen molar-refractivity contribution in [3.63, 3.8) is 0 Å². The molecule has 1 heterocycles. The zero-order valence-corrected chi connectivity index (χ0v) is 16.4. The third kappa shape index (κ3) is 4.23. The van der Waals surface area contributed by atoms with E-state index in [4.69, 9.17) is 0 Å². The van der Waals surface area contributed by atoms with Gasteiger partial charge in [-0.15, -0.1) is 0 Å². The maximum atomic E-state index is 13.3. The van der Waals surface area contributed by atoms with Gasteiger partial charge in [-0.2, -0.15) is 0 Å². The molecule has 1 aliphatic rings. The molecule has 2 aromatic carbocycles. The number of benzene rings is 2. The second-order valence-corrected chi connectivity index (χ2v) is 8.13. The van der Waals surface area contributed by atoms with E-state index >= 15 is 0 Å². The van der Waals surface area contributed by atoms with Gasteiger partial charge < -0.3 is 10.2 Å². The highest BCUT2D eigenvalue weighted by atomic mass is 19.1. The Bertz CT molecular complexity index is 751. The molecule has 0 spiro atoms. The average Bonchev–Trinajstić information content (AvgIpc) is 2.68. The zero-order valence-electron chi connectivity index (χ0n) is 16.4. The lowest BCUT2D eigenvalue weighted by atomic mass is 9.79. The van der Waals surface area contributed by atoms with Crippen LogP contribution in [0.4, 0.5) is 4.39 Å². The van der Waals surface area contributed by atoms with Crippen LogP contribution in [0.15, 0.2) is 48.5 Å². The maximum absolute atomic E-state index is 13.3. The quantitative estimate of drug-likeness (QED) is 0.819. The van der Waals surface area contributed by atoms with Gasteiger partial charge in [0.25, 0.3) is 0 Å². The largest absolute Gasteiger partial charge is 0.385 e. The van der Waals surface area contributed by atoms with Crippen molar-refractivity contribution >= 4 is 0 Å². The van der Waals surface area contributed by atoms with E-state index in [9.17, 15) is 14.6 Å². The van der Waals surface area contributed by atoms with Gasteiger partial charge in [0, 0.05) is 19.0 Å². The van der Waals surface area contributed by atoms with E-state index in [2.05, 4.69) is 6.92 Å². The number of hydrogen-bond donors (Lipinski definition) is 2. The number of piperidine rings is 1. The standard InChI is InChI=1S/C23H30FNO2/c1-16-12-14-25(15-13-16)22(26)23(3,27)17(2)20-6-4-5-7-21(20)18-8-10-19(24)11-9-18/h4-11,16-17,22,26-27H,12-15H2,1-3H3. The fourth-order valence-electron chi connectivity index (χ4n) is 3.95. The Morgan fingerprint density at radius 3 is 2.30 bits per heavy atom. The molecular weight excluding hydrogens is 341 g/mol. The van der Waals surface area contributed by atoms with E-state index in [1.807, 2.05) is 36.1 Å². The molecule has 0 aliphatic carbocycles. The predicted octanol–water partition coefficient (Wildman–Crippen LogP) is 4.40. The molecule has 27 heavy (non-hydrogen) atoms. The van der Waals surface area contributed by atoms with Crippen LogP contribution in [0.2, 0.25) is 0 Å². The first kappa shape index (κ1) is 20.0. The second kappa shape index (κ2) is 8.09. The maximum Gasteiger partial charge on any atom is 0.136 e. The summed E-state index contributed by atoms with van der Waals surface area (Å²) in [6, 6.07) is 14.2. The summed E-state index contributed by atoms with van der Waals surface area (Å²) in [6.07, 6.45) is 1.14. The molecule has 1 aliphatic heterocycles. The minimum Gasteiger partial charge on any atom is -0.385 e. The van der Waals surface area contributed by atoms with Crippen molar-refractivity contribution in [1.29, 1.82) is 0 Å². The van der Waals surface area contributed by atoms with Crippen molar-refractivity contribution in [2.75, 3.05) is 13.1 Å². The lowest BCUT2D eigenvalue weighted by Crippen LogP contribution is -2.55. The highest BCUT2D eigenvalue weighted by Crippen LogP contribution is 2.38. The normalized spacial score (nSPS) is 20.8. The molecule has 3 unspecified atom stereocenters. The van der Waals surface area contributed by atoms with Crippen molar-refractivity contribution in [2.24, 2.45) is 5.92 Å². The van der Waals surface area contributed by atoms with Gasteiger partial charge in [0.05, 0.1) is 0 Å². The fourth-order valence-corrected chi connectivity index (χ4v) is 3.95. The van der Waals surface area contributed by atoms with Crippen LogP contribution in [0.5, 0.6) is 0 Å². The number of nitrogens with zero attached hydrogens (tertiary/aromatic N) is 1. The Balaban J connectivity index is 1.88. The van der Waals surface area contributed by atoms with Crippen LogP contribution in [0, 0.1) is 11.7 Å². The number of halogens is 1. The fraction of sp³-hybridized carbons (Fsp3) is 0.478. The van der Waals surface area contributed by atoms with Gasteiger partial charge in [-0.25, -0.2) is 4.39 Å². The molecular formula is C23H30FNO2. The molecule has 0 radical (unpaired) electrons. The van der Waals surface area contributed by atoms with E-state index in [0.717, 1.165) is 42.6 Å². The second-order valence-electron chi connectivity index (χ2n) is 8.13. The van der Waals surface area contributed by atoms with Gasteiger partial charge in [0.2, 0.25) is 0 Å². The molecule has 0 amide bonds. The number of aliphatic hydroxyl groups is 2. The van der Waals surface area contributed by atoms with Crippen molar-refractivity contribution in [2.45, 2.75) is 51.4 Å². The Morgan fingerprint density at radius 2 is 1.67 bits per heavy atom. The molecule has 0 aromatic heterocycles. The Labute approximate surface area is 161 Å². The van der Waals surface area contributed by atoms with Crippen molar-refractivity contribution < 1.29 is 14.6 Å². The van der Waals surface area contributed by atoms with Gasteiger partial charge in [-0.1, -0.05) is 50.2 Å². The molecule has 0 saturated carbocycles. The summed E-state index contributed by atoms with van der Waals surface area (Å²) < 4.78 is 13.3. The van der Waals surface area contributed by atoms with Gasteiger partial charge in [-0.05, 0) is 54.5 Å². The van der Waals surface area contributed by atoms with E-state index in [1.54, 1.807) is 19.1 Å². The molecule has 4 heteroatoms. The summed E-state index contributed by atoms with van der Waals surface area (Å²) in [5, 5.41) is 22.2. The van der Waals surface area contributed by atoms with Crippen molar-refractivity contribution in [3.05, 3.63) is 59.9 Å². The first-order valence-electron chi connectivity index (χ1n) is 9.80. The monoisotopic (exact) mass is 371 g/mol. The van der Waals surface area contributed by atoms with E-state index in [0.29, 0.717) is 5.92 Å². The minimum absolute atomic E-state index is 0.272. The predicted molar refractivity (Wildman–Crippen MR) is 107 cm³/mol. The van der Waals surface area contributed by atoms with Crippen molar-refractivity contribution in [1.82, 2.24) is 4.90 Å². The Hall–Kier alpha value is -1.75. The summed E-state index contributed by atoms with van der Waals surface area (Å²) in [6.45, 7) is 7.47. The first-order valence-corrected chi connectivity index (χ1v) is 9.80.